The average Bonchev–Trinajstić information content (AvgIpc) is 3.02. The monoisotopic (exact) mass is 266 g/mol. The fourth-order valence-corrected chi connectivity index (χ4v) is 2.58. The van der Waals surface area contributed by atoms with Gasteiger partial charge in [-0.25, -0.2) is 0 Å². The van der Waals surface area contributed by atoms with Gasteiger partial charge in [0.05, 0.1) is 6.54 Å². The largest absolute Gasteiger partial charge is 0.462 e. The van der Waals surface area contributed by atoms with Crippen LogP contribution < -0.4 is 5.32 Å². The smallest absolute Gasteiger partial charge is 0.129 e. The van der Waals surface area contributed by atoms with Crippen molar-refractivity contribution in [3.8, 4) is 0 Å². The topological polar surface area (TPSA) is 37.6 Å². The number of nitrogens with one attached hydrogen (secondary N) is 1. The quantitative estimate of drug-likeness (QED) is 0.733. The van der Waals surface area contributed by atoms with E-state index in [1.165, 1.54) is 19.4 Å². The first-order chi connectivity index (χ1) is 9.29. The minimum Gasteiger partial charge on any atom is -0.462 e. The van der Waals surface area contributed by atoms with Gasteiger partial charge < -0.3 is 19.4 Å². The maximum absolute atomic E-state index is 5.71. The molecule has 1 aromatic rings. The summed E-state index contributed by atoms with van der Waals surface area (Å²) in [5, 5.41) is 3.25. The first-order valence-electron chi connectivity index (χ1n) is 7.36. The highest BCUT2D eigenvalue weighted by atomic mass is 16.5. The van der Waals surface area contributed by atoms with Gasteiger partial charge in [0.25, 0.3) is 0 Å². The maximum atomic E-state index is 5.71. The van der Waals surface area contributed by atoms with Crippen LogP contribution in [0.15, 0.2) is 16.5 Å². The Morgan fingerprint density at radius 1 is 1.42 bits per heavy atom. The van der Waals surface area contributed by atoms with Crippen LogP contribution in [0.3, 0.4) is 0 Å². The Morgan fingerprint density at radius 3 is 3.00 bits per heavy atom. The normalized spacial score (nSPS) is 20.2. The van der Waals surface area contributed by atoms with Crippen LogP contribution in [0.25, 0.3) is 0 Å². The van der Waals surface area contributed by atoms with Crippen molar-refractivity contribution in [3.63, 3.8) is 0 Å². The number of hydrogen-bond acceptors (Lipinski definition) is 4. The predicted octanol–water partition coefficient (Wildman–Crippen LogP) is 2.39. The van der Waals surface area contributed by atoms with E-state index < -0.39 is 0 Å². The second kappa shape index (κ2) is 7.68. The highest BCUT2D eigenvalue weighted by Crippen LogP contribution is 2.18. The molecule has 1 N–H and O–H groups in total. The van der Waals surface area contributed by atoms with Crippen molar-refractivity contribution in [1.82, 2.24) is 10.2 Å². The van der Waals surface area contributed by atoms with Crippen molar-refractivity contribution in [3.05, 3.63) is 23.7 Å². The molecule has 19 heavy (non-hydrogen) atoms. The standard InChI is InChI=1S/C15H26N2O2/c1-3-16-11-14-6-7-15(19-14)12-18-10-8-13-5-4-9-17(13)2/h6-7,13,16H,3-5,8-12H2,1-2H3. The second-order valence-electron chi connectivity index (χ2n) is 5.27. The SMILES string of the molecule is CCNCc1ccc(COCCC2CCCN2C)o1. The minimum absolute atomic E-state index is 0.586. The second-order valence-corrected chi connectivity index (χ2v) is 5.27. The van der Waals surface area contributed by atoms with E-state index in [1.807, 2.05) is 12.1 Å². The summed E-state index contributed by atoms with van der Waals surface area (Å²) in [6, 6.07) is 4.74. The molecule has 1 aliphatic rings. The van der Waals surface area contributed by atoms with Crippen molar-refractivity contribution in [1.29, 1.82) is 0 Å². The molecule has 0 aromatic carbocycles. The summed E-state index contributed by atoms with van der Waals surface area (Å²) in [6.07, 6.45) is 3.77. The van der Waals surface area contributed by atoms with Crippen LogP contribution >= 0.6 is 0 Å². The third-order valence-electron chi connectivity index (χ3n) is 3.78. The predicted molar refractivity (Wildman–Crippen MR) is 76.0 cm³/mol. The Hall–Kier alpha value is -0.840. The molecule has 2 heterocycles. The van der Waals surface area contributed by atoms with Gasteiger partial charge in [-0.15, -0.1) is 0 Å². The van der Waals surface area contributed by atoms with Gasteiger partial charge in [0.15, 0.2) is 0 Å². The lowest BCUT2D eigenvalue weighted by Crippen LogP contribution is -2.26. The molecule has 4 heteroatoms. The molecule has 1 saturated heterocycles. The van der Waals surface area contributed by atoms with E-state index in [2.05, 4.69) is 24.2 Å². The summed E-state index contributed by atoms with van der Waals surface area (Å²) in [5.41, 5.74) is 0. The fraction of sp³-hybridized carbons (Fsp3) is 0.733. The van der Waals surface area contributed by atoms with E-state index in [0.29, 0.717) is 12.6 Å². The van der Waals surface area contributed by atoms with Crippen LogP contribution in [-0.2, 0) is 17.9 Å². The third kappa shape index (κ3) is 4.64. The number of furan rings is 1. The number of nitrogens with zero attached hydrogens (tertiary/aromatic N) is 1. The van der Waals surface area contributed by atoms with Crippen molar-refractivity contribution in [2.24, 2.45) is 0 Å². The minimum atomic E-state index is 0.586. The third-order valence-corrected chi connectivity index (χ3v) is 3.78. The van der Waals surface area contributed by atoms with Crippen LogP contribution in [0.5, 0.6) is 0 Å². The zero-order valence-corrected chi connectivity index (χ0v) is 12.2. The highest BCUT2D eigenvalue weighted by molar-refractivity contribution is 5.06. The average molecular weight is 266 g/mol. The molecule has 2 rings (SSSR count). The van der Waals surface area contributed by atoms with E-state index in [1.54, 1.807) is 0 Å². The lowest BCUT2D eigenvalue weighted by molar-refractivity contribution is 0.0886. The first kappa shape index (κ1) is 14.6. The molecule has 1 fully saturated rings. The summed E-state index contributed by atoms with van der Waals surface area (Å²) in [5.74, 6) is 1.91. The van der Waals surface area contributed by atoms with Crippen molar-refractivity contribution in [2.45, 2.75) is 45.4 Å². The Balaban J connectivity index is 1.61. The number of ether oxygens (including phenoxy) is 1. The zero-order valence-electron chi connectivity index (χ0n) is 12.2. The molecule has 1 aromatic heterocycles. The molecule has 4 nitrogen and oxygen atoms in total. The molecule has 0 spiro atoms. The van der Waals surface area contributed by atoms with Crippen molar-refractivity contribution >= 4 is 0 Å². The molecule has 0 radical (unpaired) electrons. The molecule has 0 bridgehead atoms. The van der Waals surface area contributed by atoms with Crippen molar-refractivity contribution < 1.29 is 9.15 Å². The van der Waals surface area contributed by atoms with Gasteiger partial charge in [0, 0.05) is 12.6 Å². The van der Waals surface area contributed by atoms with Crippen LogP contribution in [-0.4, -0.2) is 37.7 Å². The Morgan fingerprint density at radius 2 is 2.26 bits per heavy atom. The fourth-order valence-electron chi connectivity index (χ4n) is 2.58. The molecular weight excluding hydrogens is 240 g/mol. The highest BCUT2D eigenvalue weighted by Gasteiger charge is 2.20. The van der Waals surface area contributed by atoms with Gasteiger partial charge >= 0.3 is 0 Å². The van der Waals surface area contributed by atoms with E-state index >= 15 is 0 Å². The number of hydrogen-bond donors (Lipinski definition) is 1. The lowest BCUT2D eigenvalue weighted by atomic mass is 10.1. The molecule has 1 unspecified atom stereocenters. The van der Waals surface area contributed by atoms with Gasteiger partial charge in [-0.05, 0) is 51.5 Å². The lowest BCUT2D eigenvalue weighted by Gasteiger charge is -2.18. The molecule has 0 aliphatic carbocycles. The van der Waals surface area contributed by atoms with Crippen LogP contribution in [0.2, 0.25) is 0 Å². The summed E-state index contributed by atoms with van der Waals surface area (Å²) in [6.45, 7) is 6.48. The summed E-state index contributed by atoms with van der Waals surface area (Å²) in [7, 11) is 2.21. The van der Waals surface area contributed by atoms with E-state index in [-0.39, 0.29) is 0 Å². The van der Waals surface area contributed by atoms with E-state index in [0.717, 1.165) is 37.6 Å². The van der Waals surface area contributed by atoms with Crippen LogP contribution in [0, 0.1) is 0 Å². The van der Waals surface area contributed by atoms with E-state index in [9.17, 15) is 0 Å². The van der Waals surface area contributed by atoms with Gasteiger partial charge in [-0.1, -0.05) is 6.92 Å². The molecule has 0 saturated carbocycles. The molecule has 108 valence electrons. The zero-order chi connectivity index (χ0) is 13.5. The molecule has 0 amide bonds. The Kier molecular flexibility index (Phi) is 5.89. The van der Waals surface area contributed by atoms with Crippen LogP contribution in [0.4, 0.5) is 0 Å². The molecule has 1 atom stereocenters. The molecular formula is C15H26N2O2. The van der Waals surface area contributed by atoms with E-state index in [4.69, 9.17) is 9.15 Å². The summed E-state index contributed by atoms with van der Waals surface area (Å²) < 4.78 is 11.4. The number of rotatable bonds is 8. The van der Waals surface area contributed by atoms with Gasteiger partial charge in [-0.2, -0.15) is 0 Å². The van der Waals surface area contributed by atoms with Gasteiger partial charge in [0.1, 0.15) is 18.1 Å². The van der Waals surface area contributed by atoms with Crippen LogP contribution in [0.1, 0.15) is 37.7 Å². The van der Waals surface area contributed by atoms with Crippen molar-refractivity contribution in [2.75, 3.05) is 26.7 Å². The first-order valence-corrected chi connectivity index (χ1v) is 7.36. The summed E-state index contributed by atoms with van der Waals surface area (Å²) in [4.78, 5) is 2.44. The van der Waals surface area contributed by atoms with Gasteiger partial charge in [0.2, 0.25) is 0 Å². The van der Waals surface area contributed by atoms with Gasteiger partial charge in [-0.3, -0.25) is 0 Å². The Labute approximate surface area is 116 Å². The Bertz CT molecular complexity index is 365. The maximum Gasteiger partial charge on any atom is 0.129 e. The molecule has 1 aliphatic heterocycles. The number of likely N-dealkylation sites (tertiary alicyclic amines) is 1. The summed E-state index contributed by atoms with van der Waals surface area (Å²) >= 11 is 0.